The van der Waals surface area contributed by atoms with Gasteiger partial charge >= 0.3 is 0 Å². The van der Waals surface area contributed by atoms with Crippen LogP contribution >= 0.6 is 0 Å². The van der Waals surface area contributed by atoms with Crippen LogP contribution in [0.5, 0.6) is 5.75 Å². The first-order valence-electron chi connectivity index (χ1n) is 13.4. The second-order valence-corrected chi connectivity index (χ2v) is 10.6. The fourth-order valence-electron chi connectivity index (χ4n) is 5.20. The second-order valence-electron chi connectivity index (χ2n) is 10.6. The molecule has 0 N–H and O–H groups in total. The van der Waals surface area contributed by atoms with Crippen LogP contribution < -0.4 is 4.74 Å². The lowest BCUT2D eigenvalue weighted by atomic mass is 9.87. The summed E-state index contributed by atoms with van der Waals surface area (Å²) < 4.78 is 11.6. The monoisotopic (exact) mass is 516 g/mol. The third-order valence-corrected chi connectivity index (χ3v) is 7.29. The van der Waals surface area contributed by atoms with Crippen molar-refractivity contribution in [3.8, 4) is 5.75 Å². The van der Waals surface area contributed by atoms with Crippen LogP contribution in [0.3, 0.4) is 0 Å². The number of benzene rings is 2. The van der Waals surface area contributed by atoms with Gasteiger partial charge in [0.2, 0.25) is 11.8 Å². The molecule has 0 spiro atoms. The van der Waals surface area contributed by atoms with Gasteiger partial charge < -0.3 is 23.9 Å². The summed E-state index contributed by atoms with van der Waals surface area (Å²) in [7, 11) is 2.05. The van der Waals surface area contributed by atoms with Crippen molar-refractivity contribution in [3.05, 3.63) is 83.1 Å². The fourth-order valence-corrected chi connectivity index (χ4v) is 5.20. The van der Waals surface area contributed by atoms with Gasteiger partial charge in [0.05, 0.1) is 6.04 Å². The summed E-state index contributed by atoms with van der Waals surface area (Å²) in [4.78, 5) is 36.4. The highest BCUT2D eigenvalue weighted by molar-refractivity contribution is 5.92. The van der Waals surface area contributed by atoms with Crippen molar-refractivity contribution in [3.63, 3.8) is 0 Å². The highest BCUT2D eigenvalue weighted by atomic mass is 16.5. The molecule has 0 bridgehead atoms. The quantitative estimate of drug-likeness (QED) is 0.469. The van der Waals surface area contributed by atoms with Crippen LogP contribution in [0.1, 0.15) is 59.4 Å². The number of likely N-dealkylation sites (N-methyl/N-ethyl adjacent to an activating group) is 1. The van der Waals surface area contributed by atoms with E-state index in [1.165, 1.54) is 11.8 Å². The van der Waals surface area contributed by atoms with Crippen molar-refractivity contribution in [1.82, 2.24) is 19.7 Å². The van der Waals surface area contributed by atoms with E-state index in [4.69, 9.17) is 9.15 Å². The first-order valence-corrected chi connectivity index (χ1v) is 13.4. The molecular formula is C30H36N4O4. The molecule has 0 saturated carbocycles. The summed E-state index contributed by atoms with van der Waals surface area (Å²) in [5.41, 5.74) is 3.69. The van der Waals surface area contributed by atoms with Crippen LogP contribution in [0.4, 0.5) is 0 Å². The maximum Gasteiger partial charge on any atom is 0.275 e. The van der Waals surface area contributed by atoms with Crippen LogP contribution in [-0.4, -0.2) is 71.3 Å². The Morgan fingerprint density at radius 2 is 1.82 bits per heavy atom. The van der Waals surface area contributed by atoms with E-state index in [-0.39, 0.29) is 24.5 Å². The first-order chi connectivity index (χ1) is 18.4. The number of nitrogens with zero attached hydrogens (tertiary/aromatic N) is 4. The minimum absolute atomic E-state index is 0.112. The summed E-state index contributed by atoms with van der Waals surface area (Å²) in [6, 6.07) is 16.1. The normalized spacial score (nSPS) is 17.9. The zero-order chi connectivity index (χ0) is 26.6. The lowest BCUT2D eigenvalue weighted by molar-refractivity contribution is -0.134. The Labute approximate surface area is 224 Å². The molecule has 1 aromatic heterocycles. The van der Waals surface area contributed by atoms with Gasteiger partial charge in [-0.25, -0.2) is 4.98 Å². The predicted octanol–water partition coefficient (Wildman–Crippen LogP) is 4.16. The number of ether oxygens (including phenoxy) is 1. The number of rotatable bonds is 7. The van der Waals surface area contributed by atoms with E-state index < -0.39 is 0 Å². The topological polar surface area (TPSA) is 79.1 Å². The van der Waals surface area contributed by atoms with Gasteiger partial charge in [0.25, 0.3) is 5.91 Å². The van der Waals surface area contributed by atoms with Gasteiger partial charge in [-0.15, -0.1) is 0 Å². The molecule has 200 valence electrons. The van der Waals surface area contributed by atoms with Crippen LogP contribution in [0.15, 0.2) is 59.2 Å². The van der Waals surface area contributed by atoms with E-state index in [0.29, 0.717) is 49.3 Å². The number of carbonyl (C=O) groups is 2. The number of oxazole rings is 1. The molecule has 8 heteroatoms. The van der Waals surface area contributed by atoms with Crippen molar-refractivity contribution in [2.45, 2.75) is 39.3 Å². The summed E-state index contributed by atoms with van der Waals surface area (Å²) >= 11 is 0. The van der Waals surface area contributed by atoms with Gasteiger partial charge in [-0.05, 0) is 48.2 Å². The third-order valence-electron chi connectivity index (χ3n) is 7.29. The van der Waals surface area contributed by atoms with Crippen LogP contribution in [-0.2, 0) is 17.8 Å². The maximum absolute atomic E-state index is 13.2. The molecule has 38 heavy (non-hydrogen) atoms. The van der Waals surface area contributed by atoms with Crippen LogP contribution in [0, 0.1) is 5.92 Å². The molecule has 3 aromatic rings. The Morgan fingerprint density at radius 3 is 2.55 bits per heavy atom. The third kappa shape index (κ3) is 5.75. The number of hydrogen-bond acceptors (Lipinski definition) is 6. The van der Waals surface area contributed by atoms with Crippen molar-refractivity contribution in [2.24, 2.45) is 5.92 Å². The van der Waals surface area contributed by atoms with Crippen LogP contribution in [0.2, 0.25) is 0 Å². The van der Waals surface area contributed by atoms with Gasteiger partial charge in [-0.2, -0.15) is 0 Å². The molecule has 1 fully saturated rings. The Hall–Kier alpha value is -3.65. The Morgan fingerprint density at radius 1 is 1.05 bits per heavy atom. The Balaban J connectivity index is 1.32. The second kappa shape index (κ2) is 11.4. The van der Waals surface area contributed by atoms with E-state index >= 15 is 0 Å². The molecular weight excluding hydrogens is 480 g/mol. The fraction of sp³-hybridized carbons (Fsp3) is 0.433. The number of fused-ring (bicyclic) bond motifs is 1. The molecule has 2 aromatic carbocycles. The van der Waals surface area contributed by atoms with Crippen molar-refractivity contribution in [1.29, 1.82) is 0 Å². The number of hydrogen-bond donors (Lipinski definition) is 0. The van der Waals surface area contributed by atoms with Crippen LogP contribution in [0.25, 0.3) is 0 Å². The molecule has 8 nitrogen and oxygen atoms in total. The predicted molar refractivity (Wildman–Crippen MR) is 144 cm³/mol. The molecule has 0 aliphatic carbocycles. The molecule has 2 amide bonds. The zero-order valence-electron chi connectivity index (χ0n) is 22.4. The summed E-state index contributed by atoms with van der Waals surface area (Å²) in [6.07, 6.45) is 2.74. The van der Waals surface area contributed by atoms with Gasteiger partial charge in [-0.1, -0.05) is 50.2 Å². The Bertz CT molecular complexity index is 1260. The lowest BCUT2D eigenvalue weighted by Crippen LogP contribution is -2.47. The van der Waals surface area contributed by atoms with Gasteiger partial charge in [0.15, 0.2) is 12.3 Å². The lowest BCUT2D eigenvalue weighted by Gasteiger charge is -2.38. The highest BCUT2D eigenvalue weighted by Gasteiger charge is 2.32. The minimum Gasteiger partial charge on any atom is -0.484 e. The highest BCUT2D eigenvalue weighted by Crippen LogP contribution is 2.38. The summed E-state index contributed by atoms with van der Waals surface area (Å²) in [6.45, 7) is 8.02. The van der Waals surface area contributed by atoms with Gasteiger partial charge in [0.1, 0.15) is 12.0 Å². The van der Waals surface area contributed by atoms with Crippen molar-refractivity contribution < 1.29 is 18.7 Å². The first kappa shape index (κ1) is 26.0. The van der Waals surface area contributed by atoms with E-state index in [9.17, 15) is 9.59 Å². The molecule has 5 rings (SSSR count). The van der Waals surface area contributed by atoms with E-state index in [0.717, 1.165) is 30.6 Å². The average Bonchev–Trinajstić information content (AvgIpc) is 3.40. The Kier molecular flexibility index (Phi) is 7.79. The molecule has 1 atom stereocenters. The largest absolute Gasteiger partial charge is 0.484 e. The van der Waals surface area contributed by atoms with E-state index in [1.807, 2.05) is 40.1 Å². The smallest absolute Gasteiger partial charge is 0.275 e. The van der Waals surface area contributed by atoms with Gasteiger partial charge in [0, 0.05) is 39.1 Å². The molecule has 2 aliphatic rings. The number of amides is 2. The molecule has 0 radical (unpaired) electrons. The van der Waals surface area contributed by atoms with Crippen molar-refractivity contribution >= 4 is 11.8 Å². The SMILES string of the molecule is CC(C)CC(=O)N1CCc2ccc(OCc3nc(C(=O)N4CCN(C)CC4)co3)cc2[C@H]1c1ccccc1. The average molecular weight is 517 g/mol. The van der Waals surface area contributed by atoms with Crippen molar-refractivity contribution in [2.75, 3.05) is 39.8 Å². The minimum atomic E-state index is -0.163. The zero-order valence-corrected chi connectivity index (χ0v) is 22.4. The number of aromatic nitrogens is 1. The molecule has 1 saturated heterocycles. The standard InChI is InChI=1S/C30H36N4O4/c1-21(2)17-28(35)34-12-11-22-9-10-24(18-25(22)29(34)23-7-5-4-6-8-23)37-20-27-31-26(19-38-27)30(36)33-15-13-32(3)14-16-33/h4-10,18-19,21,29H,11-17,20H2,1-3H3/t29-/m1/s1. The van der Waals surface area contributed by atoms with Gasteiger partial charge in [-0.3, -0.25) is 9.59 Å². The van der Waals surface area contributed by atoms with E-state index in [1.54, 1.807) is 0 Å². The summed E-state index contributed by atoms with van der Waals surface area (Å²) in [5.74, 6) is 1.38. The summed E-state index contributed by atoms with van der Waals surface area (Å²) in [5, 5.41) is 0. The number of piperazine rings is 1. The maximum atomic E-state index is 13.2. The molecule has 0 unspecified atom stereocenters. The molecule has 3 heterocycles. The van der Waals surface area contributed by atoms with E-state index in [2.05, 4.69) is 49.0 Å². The number of carbonyl (C=O) groups excluding carboxylic acids is 2. The molecule has 2 aliphatic heterocycles.